The molecule has 0 fully saturated rings. The minimum Gasteiger partial charge on any atom is -0.316 e. The Kier molecular flexibility index (Phi) is 3.90. The minimum atomic E-state index is -3.62. The molecule has 0 spiro atoms. The van der Waals surface area contributed by atoms with E-state index in [9.17, 15) is 8.42 Å². The summed E-state index contributed by atoms with van der Waals surface area (Å²) >= 11 is 1.14. The number of sulfonamides is 1. The molecule has 0 saturated carbocycles. The van der Waals surface area contributed by atoms with E-state index < -0.39 is 10.0 Å². The SMILES string of the molecule is CNCc1ccccc1S(=O)(=O)Nc1nncs1. The lowest BCUT2D eigenvalue weighted by Gasteiger charge is -2.09. The monoisotopic (exact) mass is 284 g/mol. The van der Waals surface area contributed by atoms with Gasteiger partial charge in [0.25, 0.3) is 10.0 Å². The van der Waals surface area contributed by atoms with Crippen LogP contribution in [0.15, 0.2) is 34.7 Å². The average molecular weight is 284 g/mol. The van der Waals surface area contributed by atoms with E-state index in [2.05, 4.69) is 20.2 Å². The Morgan fingerprint density at radius 3 is 2.78 bits per heavy atom. The van der Waals surface area contributed by atoms with E-state index in [1.807, 2.05) is 0 Å². The van der Waals surface area contributed by atoms with Gasteiger partial charge in [0, 0.05) is 6.54 Å². The van der Waals surface area contributed by atoms with Gasteiger partial charge >= 0.3 is 0 Å². The van der Waals surface area contributed by atoms with Gasteiger partial charge in [0.15, 0.2) is 0 Å². The fraction of sp³-hybridized carbons (Fsp3) is 0.200. The van der Waals surface area contributed by atoms with Gasteiger partial charge in [-0.3, -0.25) is 4.72 Å². The van der Waals surface area contributed by atoms with Crippen LogP contribution in [-0.2, 0) is 16.6 Å². The summed E-state index contributed by atoms with van der Waals surface area (Å²) in [6, 6.07) is 6.83. The summed E-state index contributed by atoms with van der Waals surface area (Å²) in [5.41, 5.74) is 2.18. The summed E-state index contributed by atoms with van der Waals surface area (Å²) in [6.45, 7) is 0.479. The van der Waals surface area contributed by atoms with Crippen LogP contribution in [0.3, 0.4) is 0 Å². The normalized spacial score (nSPS) is 11.4. The van der Waals surface area contributed by atoms with Crippen molar-refractivity contribution in [2.45, 2.75) is 11.4 Å². The van der Waals surface area contributed by atoms with Crippen molar-refractivity contribution in [2.24, 2.45) is 0 Å². The summed E-state index contributed by atoms with van der Waals surface area (Å²) < 4.78 is 26.8. The summed E-state index contributed by atoms with van der Waals surface area (Å²) in [4.78, 5) is 0.245. The topological polar surface area (TPSA) is 84.0 Å². The molecule has 1 aromatic heterocycles. The molecule has 0 bridgehead atoms. The first kappa shape index (κ1) is 12.9. The van der Waals surface area contributed by atoms with Crippen LogP contribution in [0.4, 0.5) is 5.13 Å². The van der Waals surface area contributed by atoms with Crippen LogP contribution in [0, 0.1) is 0 Å². The maximum absolute atomic E-state index is 12.2. The average Bonchev–Trinajstić information content (AvgIpc) is 2.82. The summed E-state index contributed by atoms with van der Waals surface area (Å²) in [5, 5.41) is 10.4. The van der Waals surface area contributed by atoms with Gasteiger partial charge < -0.3 is 5.32 Å². The number of anilines is 1. The van der Waals surface area contributed by atoms with E-state index in [0.717, 1.165) is 11.3 Å². The Hall–Kier alpha value is -1.51. The molecule has 2 rings (SSSR count). The van der Waals surface area contributed by atoms with E-state index in [-0.39, 0.29) is 10.0 Å². The van der Waals surface area contributed by atoms with Crippen molar-refractivity contribution in [1.29, 1.82) is 0 Å². The number of hydrogen-bond donors (Lipinski definition) is 2. The second-order valence-corrected chi connectivity index (χ2v) is 5.97. The zero-order valence-electron chi connectivity index (χ0n) is 9.62. The Bertz CT molecular complexity index is 611. The molecule has 0 atom stereocenters. The van der Waals surface area contributed by atoms with Gasteiger partial charge in [-0.15, -0.1) is 10.2 Å². The number of benzene rings is 1. The lowest BCUT2D eigenvalue weighted by molar-refractivity contribution is 0.599. The van der Waals surface area contributed by atoms with E-state index in [1.165, 1.54) is 5.51 Å². The standard InChI is InChI=1S/C10H12N4O2S2/c1-11-6-8-4-2-3-5-9(8)18(15,16)14-10-13-12-7-17-10/h2-5,7,11H,6H2,1H3,(H,13,14). The molecular formula is C10H12N4O2S2. The van der Waals surface area contributed by atoms with E-state index in [0.29, 0.717) is 12.1 Å². The number of nitrogens with zero attached hydrogens (tertiary/aromatic N) is 2. The van der Waals surface area contributed by atoms with Gasteiger partial charge in [-0.1, -0.05) is 29.5 Å². The number of rotatable bonds is 5. The molecule has 2 N–H and O–H groups in total. The zero-order chi connectivity index (χ0) is 13.0. The van der Waals surface area contributed by atoms with Crippen LogP contribution in [0.25, 0.3) is 0 Å². The first-order chi connectivity index (χ1) is 8.63. The number of nitrogens with one attached hydrogen (secondary N) is 2. The highest BCUT2D eigenvalue weighted by molar-refractivity contribution is 7.93. The molecule has 0 aliphatic heterocycles. The first-order valence-corrected chi connectivity index (χ1v) is 7.51. The van der Waals surface area contributed by atoms with Crippen LogP contribution >= 0.6 is 11.3 Å². The quantitative estimate of drug-likeness (QED) is 0.857. The molecule has 1 aromatic carbocycles. The molecule has 96 valence electrons. The Balaban J connectivity index is 2.35. The Morgan fingerprint density at radius 2 is 2.11 bits per heavy atom. The molecule has 0 aliphatic carbocycles. The molecule has 2 aromatic rings. The van der Waals surface area contributed by atoms with Crippen molar-refractivity contribution in [3.05, 3.63) is 35.3 Å². The molecule has 6 nitrogen and oxygen atoms in total. The van der Waals surface area contributed by atoms with Crippen LogP contribution < -0.4 is 10.0 Å². The van der Waals surface area contributed by atoms with Crippen molar-refractivity contribution in [3.8, 4) is 0 Å². The van der Waals surface area contributed by atoms with Crippen molar-refractivity contribution in [3.63, 3.8) is 0 Å². The van der Waals surface area contributed by atoms with Crippen molar-refractivity contribution in [1.82, 2.24) is 15.5 Å². The van der Waals surface area contributed by atoms with Gasteiger partial charge in [0.1, 0.15) is 5.51 Å². The predicted molar refractivity (Wildman–Crippen MR) is 69.9 cm³/mol. The molecule has 0 amide bonds. The fourth-order valence-electron chi connectivity index (χ4n) is 1.49. The van der Waals surface area contributed by atoms with E-state index in [4.69, 9.17) is 0 Å². The minimum absolute atomic E-state index is 0.245. The number of hydrogen-bond acceptors (Lipinski definition) is 6. The van der Waals surface area contributed by atoms with Gasteiger partial charge in [0.2, 0.25) is 5.13 Å². The van der Waals surface area contributed by atoms with Gasteiger partial charge in [-0.2, -0.15) is 0 Å². The third-order valence-corrected chi connectivity index (χ3v) is 4.39. The number of aromatic nitrogens is 2. The Labute approximate surface area is 109 Å². The highest BCUT2D eigenvalue weighted by Gasteiger charge is 2.18. The summed E-state index contributed by atoms with van der Waals surface area (Å²) in [7, 11) is -1.85. The van der Waals surface area contributed by atoms with Crippen molar-refractivity contribution >= 4 is 26.5 Å². The van der Waals surface area contributed by atoms with Crippen LogP contribution in [0.2, 0.25) is 0 Å². The second kappa shape index (κ2) is 5.42. The lowest BCUT2D eigenvalue weighted by atomic mass is 10.2. The Morgan fingerprint density at radius 1 is 1.33 bits per heavy atom. The molecule has 0 radical (unpaired) electrons. The second-order valence-electron chi connectivity index (χ2n) is 3.49. The van der Waals surface area contributed by atoms with Crippen LogP contribution in [0.5, 0.6) is 0 Å². The molecule has 0 unspecified atom stereocenters. The van der Waals surface area contributed by atoms with Gasteiger partial charge in [-0.25, -0.2) is 8.42 Å². The summed E-state index contributed by atoms with van der Waals surface area (Å²) in [6.07, 6.45) is 0. The fourth-order valence-corrected chi connectivity index (χ4v) is 3.42. The van der Waals surface area contributed by atoms with Gasteiger partial charge in [0.05, 0.1) is 4.90 Å². The molecule has 8 heteroatoms. The largest absolute Gasteiger partial charge is 0.316 e. The first-order valence-electron chi connectivity index (χ1n) is 5.15. The molecular weight excluding hydrogens is 272 g/mol. The summed E-state index contributed by atoms with van der Waals surface area (Å²) in [5.74, 6) is 0. The molecule has 0 aliphatic rings. The zero-order valence-corrected chi connectivity index (χ0v) is 11.3. The van der Waals surface area contributed by atoms with Crippen LogP contribution in [-0.4, -0.2) is 25.7 Å². The highest BCUT2D eigenvalue weighted by atomic mass is 32.2. The predicted octanol–water partition coefficient (Wildman–Crippen LogP) is 1.06. The van der Waals surface area contributed by atoms with Crippen molar-refractivity contribution in [2.75, 3.05) is 11.8 Å². The van der Waals surface area contributed by atoms with Gasteiger partial charge in [-0.05, 0) is 18.7 Å². The maximum atomic E-state index is 12.2. The molecule has 0 saturated heterocycles. The third kappa shape index (κ3) is 2.84. The van der Waals surface area contributed by atoms with Crippen LogP contribution in [0.1, 0.15) is 5.56 Å². The van der Waals surface area contributed by atoms with Crippen molar-refractivity contribution < 1.29 is 8.42 Å². The van der Waals surface area contributed by atoms with E-state index in [1.54, 1.807) is 31.3 Å². The van der Waals surface area contributed by atoms with E-state index >= 15 is 0 Å². The highest BCUT2D eigenvalue weighted by Crippen LogP contribution is 2.20. The maximum Gasteiger partial charge on any atom is 0.264 e. The third-order valence-electron chi connectivity index (χ3n) is 2.21. The lowest BCUT2D eigenvalue weighted by Crippen LogP contribution is -2.17. The molecule has 1 heterocycles. The molecule has 18 heavy (non-hydrogen) atoms. The smallest absolute Gasteiger partial charge is 0.264 e.